The molecule has 0 bridgehead atoms. The van der Waals surface area contributed by atoms with Gasteiger partial charge < -0.3 is 15.4 Å². The molecule has 2 aromatic rings. The summed E-state index contributed by atoms with van der Waals surface area (Å²) in [6.45, 7) is 3.71. The molecule has 22 heavy (non-hydrogen) atoms. The minimum absolute atomic E-state index is 0.0206. The molecule has 0 aliphatic rings. The van der Waals surface area contributed by atoms with Gasteiger partial charge in [-0.3, -0.25) is 4.79 Å². The van der Waals surface area contributed by atoms with Gasteiger partial charge in [0.25, 0.3) is 0 Å². The van der Waals surface area contributed by atoms with Crippen molar-refractivity contribution >= 4 is 11.6 Å². The van der Waals surface area contributed by atoms with Crippen LogP contribution in [0.25, 0.3) is 0 Å². The zero-order valence-corrected chi connectivity index (χ0v) is 12.8. The van der Waals surface area contributed by atoms with Crippen LogP contribution in [0.1, 0.15) is 19.8 Å². The molecule has 4 heteroatoms. The molecule has 0 atom stereocenters. The number of ether oxygens (including phenoxy) is 1. The van der Waals surface area contributed by atoms with Gasteiger partial charge in [-0.25, -0.2) is 0 Å². The zero-order valence-electron chi connectivity index (χ0n) is 12.8. The summed E-state index contributed by atoms with van der Waals surface area (Å²) in [5.74, 6) is 1.37. The smallest absolute Gasteiger partial charge is 0.225 e. The van der Waals surface area contributed by atoms with E-state index in [0.29, 0.717) is 24.4 Å². The fraction of sp³-hybridized carbons (Fsp3) is 0.278. The second-order valence-corrected chi connectivity index (χ2v) is 4.96. The number of carbonyl (C=O) groups is 1. The van der Waals surface area contributed by atoms with Gasteiger partial charge in [0.05, 0.1) is 5.69 Å². The molecular weight excluding hydrogens is 276 g/mol. The lowest BCUT2D eigenvalue weighted by Gasteiger charge is -2.12. The van der Waals surface area contributed by atoms with Crippen molar-refractivity contribution in [3.05, 3.63) is 54.6 Å². The van der Waals surface area contributed by atoms with Gasteiger partial charge in [0.1, 0.15) is 5.75 Å². The highest BCUT2D eigenvalue weighted by atomic mass is 16.5. The molecule has 0 fully saturated rings. The number of rotatable bonds is 8. The highest BCUT2D eigenvalue weighted by molar-refractivity contribution is 5.92. The van der Waals surface area contributed by atoms with Crippen molar-refractivity contribution < 1.29 is 9.53 Å². The Kier molecular flexibility index (Phi) is 6.45. The number of hydrogen-bond acceptors (Lipinski definition) is 3. The van der Waals surface area contributed by atoms with Gasteiger partial charge in [0, 0.05) is 13.0 Å². The van der Waals surface area contributed by atoms with E-state index in [1.54, 1.807) is 0 Å². The maximum atomic E-state index is 12.0. The minimum Gasteiger partial charge on any atom is -0.455 e. The maximum absolute atomic E-state index is 12.0. The Morgan fingerprint density at radius 3 is 2.50 bits per heavy atom. The zero-order chi connectivity index (χ0) is 15.6. The monoisotopic (exact) mass is 298 g/mol. The molecule has 2 aromatic carbocycles. The number of amides is 1. The number of para-hydroxylation sites is 3. The fourth-order valence-electron chi connectivity index (χ4n) is 1.99. The average molecular weight is 298 g/mol. The van der Waals surface area contributed by atoms with Crippen molar-refractivity contribution in [1.82, 2.24) is 5.32 Å². The van der Waals surface area contributed by atoms with Gasteiger partial charge >= 0.3 is 0 Å². The summed E-state index contributed by atoms with van der Waals surface area (Å²) in [4.78, 5) is 12.0. The number of benzene rings is 2. The van der Waals surface area contributed by atoms with Crippen molar-refractivity contribution in [2.24, 2.45) is 0 Å². The summed E-state index contributed by atoms with van der Waals surface area (Å²) in [7, 11) is 0. The van der Waals surface area contributed by atoms with E-state index in [-0.39, 0.29) is 5.91 Å². The van der Waals surface area contributed by atoms with E-state index in [9.17, 15) is 4.79 Å². The second kappa shape index (κ2) is 8.85. The number of hydrogen-bond donors (Lipinski definition) is 2. The molecular formula is C18H22N2O2. The van der Waals surface area contributed by atoms with Gasteiger partial charge in [0.15, 0.2) is 5.75 Å². The van der Waals surface area contributed by atoms with Gasteiger partial charge in [-0.05, 0) is 37.2 Å². The van der Waals surface area contributed by atoms with Crippen LogP contribution in [0.2, 0.25) is 0 Å². The topological polar surface area (TPSA) is 50.4 Å². The third-order valence-electron chi connectivity index (χ3n) is 3.09. The molecule has 0 heterocycles. The third kappa shape index (κ3) is 5.22. The van der Waals surface area contributed by atoms with Crippen LogP contribution in [0.5, 0.6) is 11.5 Å². The van der Waals surface area contributed by atoms with Crippen molar-refractivity contribution in [2.45, 2.75) is 19.8 Å². The van der Waals surface area contributed by atoms with Crippen LogP contribution >= 0.6 is 0 Å². The summed E-state index contributed by atoms with van der Waals surface area (Å²) >= 11 is 0. The lowest BCUT2D eigenvalue weighted by molar-refractivity contribution is -0.116. The molecule has 2 rings (SSSR count). The standard InChI is InChI=1S/C18H22N2O2/c1-2-13-19-14-12-18(21)20-16-10-6-7-11-17(16)22-15-8-4-3-5-9-15/h3-11,19H,2,12-14H2,1H3,(H,20,21). The van der Waals surface area contributed by atoms with Crippen LogP contribution in [0, 0.1) is 0 Å². The molecule has 2 N–H and O–H groups in total. The molecule has 0 aromatic heterocycles. The Hall–Kier alpha value is -2.33. The second-order valence-electron chi connectivity index (χ2n) is 4.96. The molecule has 0 radical (unpaired) electrons. The fourth-order valence-corrected chi connectivity index (χ4v) is 1.99. The van der Waals surface area contributed by atoms with E-state index in [1.165, 1.54) is 0 Å². The summed E-state index contributed by atoms with van der Waals surface area (Å²) in [6.07, 6.45) is 1.51. The van der Waals surface area contributed by atoms with Crippen LogP contribution < -0.4 is 15.4 Å². The third-order valence-corrected chi connectivity index (χ3v) is 3.09. The molecule has 4 nitrogen and oxygen atoms in total. The Morgan fingerprint density at radius 1 is 1.00 bits per heavy atom. The first-order valence-corrected chi connectivity index (χ1v) is 7.62. The summed E-state index contributed by atoms with van der Waals surface area (Å²) in [5.41, 5.74) is 0.687. The Labute approximate surface area is 131 Å². The molecule has 0 saturated heterocycles. The Balaban J connectivity index is 1.95. The van der Waals surface area contributed by atoms with E-state index in [1.807, 2.05) is 54.6 Å². The Morgan fingerprint density at radius 2 is 1.73 bits per heavy atom. The number of carbonyl (C=O) groups excluding carboxylic acids is 1. The van der Waals surface area contributed by atoms with Gasteiger partial charge in [-0.1, -0.05) is 37.3 Å². The van der Waals surface area contributed by atoms with Crippen molar-refractivity contribution in [3.63, 3.8) is 0 Å². The van der Waals surface area contributed by atoms with E-state index >= 15 is 0 Å². The Bertz CT molecular complexity index is 585. The summed E-state index contributed by atoms with van der Waals surface area (Å²) < 4.78 is 5.82. The van der Waals surface area contributed by atoms with E-state index in [2.05, 4.69) is 17.6 Å². The molecule has 1 amide bonds. The molecule has 0 spiro atoms. The highest BCUT2D eigenvalue weighted by Gasteiger charge is 2.08. The van der Waals surface area contributed by atoms with Crippen LogP contribution in [0.15, 0.2) is 54.6 Å². The lowest BCUT2D eigenvalue weighted by Crippen LogP contribution is -2.22. The molecule has 0 aliphatic carbocycles. The van der Waals surface area contributed by atoms with Crippen LogP contribution in [-0.4, -0.2) is 19.0 Å². The van der Waals surface area contributed by atoms with Gasteiger partial charge in [-0.2, -0.15) is 0 Å². The summed E-state index contributed by atoms with van der Waals surface area (Å²) in [5, 5.41) is 6.12. The maximum Gasteiger partial charge on any atom is 0.225 e. The number of anilines is 1. The van der Waals surface area contributed by atoms with E-state index in [0.717, 1.165) is 18.7 Å². The lowest BCUT2D eigenvalue weighted by atomic mass is 10.2. The predicted molar refractivity (Wildman–Crippen MR) is 89.4 cm³/mol. The first kappa shape index (κ1) is 16.0. The molecule has 0 saturated carbocycles. The van der Waals surface area contributed by atoms with E-state index in [4.69, 9.17) is 4.74 Å². The normalized spacial score (nSPS) is 10.2. The molecule has 0 aliphatic heterocycles. The highest BCUT2D eigenvalue weighted by Crippen LogP contribution is 2.29. The minimum atomic E-state index is -0.0206. The van der Waals surface area contributed by atoms with Crippen LogP contribution in [-0.2, 0) is 4.79 Å². The van der Waals surface area contributed by atoms with Crippen molar-refractivity contribution in [2.75, 3.05) is 18.4 Å². The molecule has 0 unspecified atom stereocenters. The van der Waals surface area contributed by atoms with Gasteiger partial charge in [0.2, 0.25) is 5.91 Å². The molecule has 116 valence electrons. The van der Waals surface area contributed by atoms with Crippen LogP contribution in [0.4, 0.5) is 5.69 Å². The SMILES string of the molecule is CCCNCCC(=O)Nc1ccccc1Oc1ccccc1. The van der Waals surface area contributed by atoms with Crippen LogP contribution in [0.3, 0.4) is 0 Å². The van der Waals surface area contributed by atoms with Gasteiger partial charge in [-0.15, -0.1) is 0 Å². The quantitative estimate of drug-likeness (QED) is 0.729. The first-order valence-electron chi connectivity index (χ1n) is 7.62. The number of nitrogens with one attached hydrogen (secondary N) is 2. The predicted octanol–water partition coefficient (Wildman–Crippen LogP) is 3.81. The first-order chi connectivity index (χ1) is 10.8. The average Bonchev–Trinajstić information content (AvgIpc) is 2.54. The summed E-state index contributed by atoms with van der Waals surface area (Å²) in [6, 6.07) is 17.0. The van der Waals surface area contributed by atoms with E-state index < -0.39 is 0 Å². The van der Waals surface area contributed by atoms with Crippen molar-refractivity contribution in [3.8, 4) is 11.5 Å². The van der Waals surface area contributed by atoms with Crippen molar-refractivity contribution in [1.29, 1.82) is 0 Å². The largest absolute Gasteiger partial charge is 0.455 e.